The van der Waals surface area contributed by atoms with Gasteiger partial charge in [0.25, 0.3) is 0 Å². The van der Waals surface area contributed by atoms with Crippen molar-refractivity contribution in [1.82, 2.24) is 15.0 Å². The molecule has 1 saturated carbocycles. The molecule has 9 heteroatoms. The highest BCUT2D eigenvalue weighted by molar-refractivity contribution is 7.12. The molecular formula is C18H13N5O3S. The third kappa shape index (κ3) is 3.47. The molecule has 0 atom stereocenters. The summed E-state index contributed by atoms with van der Waals surface area (Å²) in [5.41, 5.74) is 1.13. The van der Waals surface area contributed by atoms with Crippen LogP contribution in [0.15, 0.2) is 30.6 Å². The molecule has 0 aliphatic heterocycles. The van der Waals surface area contributed by atoms with Crippen LogP contribution in [0.25, 0.3) is 11.3 Å². The molecule has 3 aromatic rings. The first-order valence-corrected chi connectivity index (χ1v) is 9.03. The number of thiazole rings is 1. The maximum absolute atomic E-state index is 11.4. The van der Waals surface area contributed by atoms with Crippen LogP contribution in [0, 0.1) is 28.4 Å². The van der Waals surface area contributed by atoms with Crippen molar-refractivity contribution in [2.24, 2.45) is 0 Å². The Morgan fingerprint density at radius 1 is 1.30 bits per heavy atom. The van der Waals surface area contributed by atoms with Crippen molar-refractivity contribution in [3.05, 3.63) is 56.2 Å². The zero-order valence-corrected chi connectivity index (χ0v) is 15.1. The number of nitrogens with zero attached hydrogens (tertiary/aromatic N) is 5. The SMILES string of the molecule is Cc1sc(C2CC2)nc1Oc1nc(-c2cncc(C#N)c2)ccc1[N+](=O)[O-]. The summed E-state index contributed by atoms with van der Waals surface area (Å²) in [6, 6.07) is 6.46. The number of ether oxygens (including phenoxy) is 1. The molecule has 0 aromatic carbocycles. The summed E-state index contributed by atoms with van der Waals surface area (Å²) in [5, 5.41) is 21.4. The van der Waals surface area contributed by atoms with Gasteiger partial charge in [-0.1, -0.05) is 0 Å². The molecule has 3 aromatic heterocycles. The molecule has 3 heterocycles. The summed E-state index contributed by atoms with van der Waals surface area (Å²) in [6.45, 7) is 1.87. The van der Waals surface area contributed by atoms with Gasteiger partial charge in [-0.3, -0.25) is 15.1 Å². The lowest BCUT2D eigenvalue weighted by Crippen LogP contribution is -1.98. The highest BCUT2D eigenvalue weighted by Crippen LogP contribution is 2.44. The first kappa shape index (κ1) is 17.1. The molecule has 0 amide bonds. The van der Waals surface area contributed by atoms with E-state index in [-0.39, 0.29) is 11.6 Å². The van der Waals surface area contributed by atoms with Crippen LogP contribution >= 0.6 is 11.3 Å². The van der Waals surface area contributed by atoms with Gasteiger partial charge in [0, 0.05) is 29.9 Å². The number of pyridine rings is 2. The summed E-state index contributed by atoms with van der Waals surface area (Å²) in [6.07, 6.45) is 5.20. The Hall–Kier alpha value is -3.38. The average molecular weight is 379 g/mol. The fourth-order valence-electron chi connectivity index (χ4n) is 2.54. The summed E-state index contributed by atoms with van der Waals surface area (Å²) in [4.78, 5) is 24.5. The summed E-state index contributed by atoms with van der Waals surface area (Å²) in [7, 11) is 0. The number of hydrogen-bond donors (Lipinski definition) is 0. The van der Waals surface area contributed by atoms with Gasteiger partial charge in [-0.15, -0.1) is 11.3 Å². The number of rotatable bonds is 5. The molecule has 1 aliphatic rings. The number of nitriles is 1. The van der Waals surface area contributed by atoms with E-state index in [1.807, 2.05) is 13.0 Å². The van der Waals surface area contributed by atoms with Gasteiger partial charge in [0.05, 0.1) is 21.1 Å². The molecule has 0 bridgehead atoms. The van der Waals surface area contributed by atoms with Gasteiger partial charge in [0.1, 0.15) is 11.1 Å². The molecule has 0 radical (unpaired) electrons. The number of aromatic nitrogens is 3. The number of hydrogen-bond acceptors (Lipinski definition) is 8. The molecule has 0 N–H and O–H groups in total. The van der Waals surface area contributed by atoms with Crippen LogP contribution < -0.4 is 4.74 Å². The van der Waals surface area contributed by atoms with E-state index in [0.29, 0.717) is 28.6 Å². The lowest BCUT2D eigenvalue weighted by atomic mass is 10.1. The Kier molecular flexibility index (Phi) is 4.25. The highest BCUT2D eigenvalue weighted by Gasteiger charge is 2.29. The Bertz CT molecular complexity index is 1080. The van der Waals surface area contributed by atoms with E-state index in [4.69, 9.17) is 10.00 Å². The van der Waals surface area contributed by atoms with Crippen LogP contribution in [0.2, 0.25) is 0 Å². The normalized spacial score (nSPS) is 13.2. The van der Waals surface area contributed by atoms with E-state index < -0.39 is 4.92 Å². The molecule has 0 spiro atoms. The quantitative estimate of drug-likeness (QED) is 0.478. The van der Waals surface area contributed by atoms with Crippen molar-refractivity contribution >= 4 is 17.0 Å². The first-order chi connectivity index (χ1) is 13.0. The van der Waals surface area contributed by atoms with Gasteiger partial charge in [-0.25, -0.2) is 9.97 Å². The minimum Gasteiger partial charge on any atom is -0.413 e. The minimum atomic E-state index is -0.542. The minimum absolute atomic E-state index is 0.129. The van der Waals surface area contributed by atoms with Gasteiger partial charge in [0.2, 0.25) is 5.88 Å². The van der Waals surface area contributed by atoms with Gasteiger partial charge in [-0.2, -0.15) is 5.26 Å². The predicted molar refractivity (Wildman–Crippen MR) is 97.7 cm³/mol. The lowest BCUT2D eigenvalue weighted by molar-refractivity contribution is -0.386. The molecule has 27 heavy (non-hydrogen) atoms. The lowest BCUT2D eigenvalue weighted by Gasteiger charge is -2.06. The zero-order chi connectivity index (χ0) is 19.0. The highest BCUT2D eigenvalue weighted by atomic mass is 32.1. The zero-order valence-electron chi connectivity index (χ0n) is 14.2. The Balaban J connectivity index is 1.73. The van der Waals surface area contributed by atoms with E-state index in [1.54, 1.807) is 17.4 Å². The van der Waals surface area contributed by atoms with E-state index in [2.05, 4.69) is 15.0 Å². The van der Waals surface area contributed by atoms with Gasteiger partial charge < -0.3 is 4.74 Å². The Labute approximate surface area is 158 Å². The van der Waals surface area contributed by atoms with Crippen molar-refractivity contribution in [2.75, 3.05) is 0 Å². The smallest absolute Gasteiger partial charge is 0.331 e. The topological polar surface area (TPSA) is 115 Å². The molecule has 4 rings (SSSR count). The summed E-state index contributed by atoms with van der Waals surface area (Å²) >= 11 is 1.54. The maximum Gasteiger partial charge on any atom is 0.331 e. The average Bonchev–Trinajstić information content (AvgIpc) is 3.46. The van der Waals surface area contributed by atoms with Crippen molar-refractivity contribution in [3.63, 3.8) is 0 Å². The molecular weight excluding hydrogens is 366 g/mol. The molecule has 8 nitrogen and oxygen atoms in total. The van der Waals surface area contributed by atoms with Crippen LogP contribution in [-0.4, -0.2) is 19.9 Å². The summed E-state index contributed by atoms with van der Waals surface area (Å²) in [5.74, 6) is 0.689. The second kappa shape index (κ2) is 6.74. The fourth-order valence-corrected chi connectivity index (χ4v) is 3.56. The maximum atomic E-state index is 11.4. The van der Waals surface area contributed by atoms with E-state index in [0.717, 1.165) is 22.7 Å². The number of nitro groups is 1. The van der Waals surface area contributed by atoms with Crippen LogP contribution in [-0.2, 0) is 0 Å². The first-order valence-electron chi connectivity index (χ1n) is 8.21. The molecule has 0 unspecified atom stereocenters. The van der Waals surface area contributed by atoms with Crippen molar-refractivity contribution in [3.8, 4) is 29.1 Å². The van der Waals surface area contributed by atoms with Crippen LogP contribution in [0.1, 0.15) is 34.2 Å². The summed E-state index contributed by atoms with van der Waals surface area (Å²) < 4.78 is 5.74. The third-order valence-corrected chi connectivity index (χ3v) is 5.21. The van der Waals surface area contributed by atoms with Gasteiger partial charge in [0.15, 0.2) is 0 Å². The molecule has 0 saturated heterocycles. The largest absolute Gasteiger partial charge is 0.413 e. The van der Waals surface area contributed by atoms with Crippen LogP contribution in [0.4, 0.5) is 5.69 Å². The predicted octanol–water partition coefficient (Wildman–Crippen LogP) is 4.36. The Morgan fingerprint density at radius 3 is 2.81 bits per heavy atom. The van der Waals surface area contributed by atoms with Crippen molar-refractivity contribution < 1.29 is 9.66 Å². The third-order valence-electron chi connectivity index (χ3n) is 4.09. The second-order valence-electron chi connectivity index (χ2n) is 6.14. The van der Waals surface area contributed by atoms with Gasteiger partial charge >= 0.3 is 11.6 Å². The fraction of sp³-hybridized carbons (Fsp3) is 0.222. The van der Waals surface area contributed by atoms with Crippen LogP contribution in [0.5, 0.6) is 11.8 Å². The van der Waals surface area contributed by atoms with Crippen molar-refractivity contribution in [2.45, 2.75) is 25.7 Å². The van der Waals surface area contributed by atoms with Crippen LogP contribution in [0.3, 0.4) is 0 Å². The van der Waals surface area contributed by atoms with E-state index in [1.165, 1.54) is 24.5 Å². The standard InChI is InChI=1S/C18H13N5O3S/c1-10-16(22-18(27-10)12-2-3-12)26-17-15(23(24)25)5-4-14(21-17)13-6-11(7-19)8-20-9-13/h4-6,8-9,12H,2-3H2,1H3. The molecule has 1 fully saturated rings. The van der Waals surface area contributed by atoms with Gasteiger partial charge in [-0.05, 0) is 31.9 Å². The number of aryl methyl sites for hydroxylation is 1. The van der Waals surface area contributed by atoms with E-state index >= 15 is 0 Å². The van der Waals surface area contributed by atoms with E-state index in [9.17, 15) is 10.1 Å². The molecule has 1 aliphatic carbocycles. The second-order valence-corrected chi connectivity index (χ2v) is 7.38. The Morgan fingerprint density at radius 2 is 2.11 bits per heavy atom. The van der Waals surface area contributed by atoms with Crippen molar-refractivity contribution in [1.29, 1.82) is 5.26 Å². The molecule has 134 valence electrons. The monoisotopic (exact) mass is 379 g/mol.